The van der Waals surface area contributed by atoms with E-state index in [4.69, 9.17) is 20.9 Å². The van der Waals surface area contributed by atoms with Gasteiger partial charge in [-0.1, -0.05) is 59.8 Å². The number of carbonyl (C=O) groups excluding carboxylic acids is 1. The van der Waals surface area contributed by atoms with E-state index in [0.717, 1.165) is 35.0 Å². The first kappa shape index (κ1) is 24.4. The first-order chi connectivity index (χ1) is 16.5. The summed E-state index contributed by atoms with van der Waals surface area (Å²) in [6, 6.07) is 13.6. The van der Waals surface area contributed by atoms with E-state index in [1.165, 1.54) is 18.2 Å². The minimum atomic E-state index is -0.0275. The van der Waals surface area contributed by atoms with Gasteiger partial charge in [0.2, 0.25) is 0 Å². The first-order valence-corrected chi connectivity index (χ1v) is 12.9. The molecule has 2 aliphatic rings. The summed E-state index contributed by atoms with van der Waals surface area (Å²) < 4.78 is 12.1. The summed E-state index contributed by atoms with van der Waals surface area (Å²) >= 11 is 4.93. The minimum absolute atomic E-state index is 0.0275. The molecule has 1 saturated carbocycles. The molecule has 1 saturated heterocycles. The predicted octanol–water partition coefficient (Wildman–Crippen LogP) is 6.65. The summed E-state index contributed by atoms with van der Waals surface area (Å²) in [5.74, 6) is 3.93. The molecule has 0 radical (unpaired) electrons. The van der Waals surface area contributed by atoms with Crippen molar-refractivity contribution in [1.82, 2.24) is 4.90 Å². The molecule has 2 aromatic rings. The number of rotatable bonds is 6. The van der Waals surface area contributed by atoms with Crippen molar-refractivity contribution in [2.75, 3.05) is 13.7 Å². The molecule has 0 spiro atoms. The maximum Gasteiger partial charge on any atom is 0.267 e. The highest BCUT2D eigenvalue weighted by Gasteiger charge is 2.41. The third-order valence-corrected chi connectivity index (χ3v) is 7.51. The van der Waals surface area contributed by atoms with Crippen LogP contribution in [-0.2, 0) is 4.79 Å². The van der Waals surface area contributed by atoms with E-state index >= 15 is 0 Å². The lowest BCUT2D eigenvalue weighted by Crippen LogP contribution is -2.44. The molecule has 2 fully saturated rings. The van der Waals surface area contributed by atoms with Crippen LogP contribution in [0.3, 0.4) is 0 Å². The van der Waals surface area contributed by atoms with Gasteiger partial charge in [-0.05, 0) is 60.9 Å². The molecule has 1 heterocycles. The van der Waals surface area contributed by atoms with Crippen molar-refractivity contribution in [3.8, 4) is 23.8 Å². The zero-order valence-corrected chi connectivity index (χ0v) is 21.7. The Balaban J connectivity index is 1.78. The highest BCUT2D eigenvalue weighted by Crippen LogP contribution is 2.42. The van der Waals surface area contributed by atoms with Gasteiger partial charge in [-0.25, -0.2) is 4.99 Å². The number of halogens is 1. The molecule has 0 N–H and O–H groups in total. The van der Waals surface area contributed by atoms with Crippen LogP contribution in [0.4, 0.5) is 5.69 Å². The monoisotopic (exact) mass is 538 g/mol. The maximum atomic E-state index is 13.8. The van der Waals surface area contributed by atoms with E-state index in [2.05, 4.69) is 28.8 Å². The van der Waals surface area contributed by atoms with Gasteiger partial charge in [0, 0.05) is 16.1 Å². The van der Waals surface area contributed by atoms with Crippen molar-refractivity contribution in [3.63, 3.8) is 0 Å². The number of hydrogen-bond donors (Lipinski definition) is 0. The van der Waals surface area contributed by atoms with Gasteiger partial charge in [-0.2, -0.15) is 0 Å². The Morgan fingerprint density at radius 3 is 2.74 bits per heavy atom. The number of ether oxygens (including phenoxy) is 2. The molecule has 2 atom stereocenters. The van der Waals surface area contributed by atoms with Gasteiger partial charge in [0.25, 0.3) is 5.91 Å². The predicted molar refractivity (Wildman–Crippen MR) is 142 cm³/mol. The van der Waals surface area contributed by atoms with Crippen molar-refractivity contribution < 1.29 is 14.3 Å². The third-order valence-electron chi connectivity index (χ3n) is 6.07. The number of carbonyl (C=O) groups is 1. The van der Waals surface area contributed by atoms with Gasteiger partial charge in [-0.3, -0.25) is 9.69 Å². The molecule has 0 aromatic heterocycles. The van der Waals surface area contributed by atoms with E-state index in [0.29, 0.717) is 27.5 Å². The zero-order valence-electron chi connectivity index (χ0n) is 19.3. The van der Waals surface area contributed by atoms with Gasteiger partial charge < -0.3 is 9.47 Å². The van der Waals surface area contributed by atoms with Crippen LogP contribution in [0.15, 0.2) is 56.8 Å². The second kappa shape index (κ2) is 11.2. The van der Waals surface area contributed by atoms with Crippen LogP contribution in [0.1, 0.15) is 38.2 Å². The Kier molecular flexibility index (Phi) is 8.02. The van der Waals surface area contributed by atoms with E-state index < -0.39 is 0 Å². The van der Waals surface area contributed by atoms with Crippen molar-refractivity contribution in [2.24, 2.45) is 10.9 Å². The molecule has 4 rings (SSSR count). The largest absolute Gasteiger partial charge is 0.493 e. The fourth-order valence-corrected chi connectivity index (χ4v) is 5.90. The number of terminal acetylenes is 1. The molecular weight excluding hydrogens is 512 g/mol. The number of amidine groups is 1. The fourth-order valence-electron chi connectivity index (χ4n) is 4.41. The van der Waals surface area contributed by atoms with Crippen LogP contribution in [0.25, 0.3) is 6.08 Å². The van der Waals surface area contributed by atoms with Crippen molar-refractivity contribution in [1.29, 1.82) is 0 Å². The smallest absolute Gasteiger partial charge is 0.267 e. The number of nitrogens with zero attached hydrogens (tertiary/aromatic N) is 2. The number of methoxy groups -OCH3 is 1. The number of para-hydroxylation sites is 1. The van der Waals surface area contributed by atoms with Crippen molar-refractivity contribution >= 4 is 50.5 Å². The quantitative estimate of drug-likeness (QED) is 0.305. The van der Waals surface area contributed by atoms with Crippen LogP contribution in [0, 0.1) is 18.3 Å². The Morgan fingerprint density at radius 1 is 1.26 bits per heavy atom. The van der Waals surface area contributed by atoms with Crippen LogP contribution in [0.5, 0.6) is 11.5 Å². The second-order valence-corrected chi connectivity index (χ2v) is 10.3. The second-order valence-electron chi connectivity index (χ2n) is 8.36. The van der Waals surface area contributed by atoms with E-state index in [1.807, 2.05) is 53.4 Å². The summed E-state index contributed by atoms with van der Waals surface area (Å²) in [6.07, 6.45) is 11.7. The van der Waals surface area contributed by atoms with Gasteiger partial charge in [-0.15, -0.1) is 6.42 Å². The van der Waals surface area contributed by atoms with Crippen LogP contribution in [-0.4, -0.2) is 35.7 Å². The van der Waals surface area contributed by atoms with Gasteiger partial charge in [0.15, 0.2) is 16.7 Å². The van der Waals surface area contributed by atoms with Gasteiger partial charge in [0.1, 0.15) is 6.61 Å². The van der Waals surface area contributed by atoms with Crippen LogP contribution < -0.4 is 9.47 Å². The Labute approximate surface area is 213 Å². The summed E-state index contributed by atoms with van der Waals surface area (Å²) in [5, 5.41) is 0.717. The molecule has 1 amide bonds. The molecular formula is C27H27BrN2O3S. The maximum absolute atomic E-state index is 13.8. The lowest BCUT2D eigenvalue weighted by molar-refractivity contribution is -0.124. The summed E-state index contributed by atoms with van der Waals surface area (Å²) in [4.78, 5) is 21.1. The van der Waals surface area contributed by atoms with E-state index in [-0.39, 0.29) is 18.6 Å². The minimum Gasteiger partial charge on any atom is -0.493 e. The Morgan fingerprint density at radius 2 is 2.03 bits per heavy atom. The summed E-state index contributed by atoms with van der Waals surface area (Å²) in [6.45, 7) is 2.33. The standard InChI is InChI=1S/C27H27BrN2O3S/c1-4-14-33-25-19(15-20(28)17-23(25)32-3)16-24-26(31)30(22-13-9-8-10-18(22)2)27(34-24)29-21-11-6-5-7-12-21/h1,5-7,11-12,15-18,22H,8-10,13-14H2,2-3H3/b24-16-,29-27?/t18-,22-/m0/s1. The SMILES string of the molecule is C#CCOc1c(/C=C2\SC(=Nc3ccccc3)N([C@H]3CCCC[C@@H]3C)C2=O)cc(Br)cc1OC. The molecule has 2 aromatic carbocycles. The molecule has 176 valence electrons. The number of benzene rings is 2. The normalized spacial score (nSPS) is 22.8. The average Bonchev–Trinajstić information content (AvgIpc) is 3.13. The van der Waals surface area contributed by atoms with E-state index in [9.17, 15) is 4.79 Å². The lowest BCUT2D eigenvalue weighted by atomic mass is 9.85. The third kappa shape index (κ3) is 5.34. The lowest BCUT2D eigenvalue weighted by Gasteiger charge is -2.35. The first-order valence-electron chi connectivity index (χ1n) is 11.3. The zero-order chi connectivity index (χ0) is 24.1. The highest BCUT2D eigenvalue weighted by atomic mass is 79.9. The average molecular weight is 539 g/mol. The molecule has 0 unspecified atom stereocenters. The van der Waals surface area contributed by atoms with E-state index in [1.54, 1.807) is 7.11 Å². The van der Waals surface area contributed by atoms with Gasteiger partial charge in [0.05, 0.1) is 17.7 Å². The number of amides is 1. The topological polar surface area (TPSA) is 51.1 Å². The number of thioether (sulfide) groups is 1. The summed E-state index contributed by atoms with van der Waals surface area (Å²) in [5.41, 5.74) is 1.55. The fraction of sp³-hybridized carbons (Fsp3) is 0.333. The number of hydrogen-bond acceptors (Lipinski definition) is 5. The van der Waals surface area contributed by atoms with Gasteiger partial charge >= 0.3 is 0 Å². The molecule has 1 aliphatic carbocycles. The Bertz CT molecular complexity index is 1160. The molecule has 1 aliphatic heterocycles. The molecule has 7 heteroatoms. The molecule has 0 bridgehead atoms. The van der Waals surface area contributed by atoms with Crippen LogP contribution in [0.2, 0.25) is 0 Å². The number of aliphatic imine (C=N–C) groups is 1. The highest BCUT2D eigenvalue weighted by molar-refractivity contribution is 9.10. The summed E-state index contributed by atoms with van der Waals surface area (Å²) in [7, 11) is 1.58. The van der Waals surface area contributed by atoms with Crippen molar-refractivity contribution in [2.45, 2.75) is 38.6 Å². The molecule has 5 nitrogen and oxygen atoms in total. The Hall–Kier alpha value is -2.69. The van der Waals surface area contributed by atoms with Crippen LogP contribution >= 0.6 is 27.7 Å². The van der Waals surface area contributed by atoms with Crippen molar-refractivity contribution in [3.05, 3.63) is 57.4 Å². The molecule has 34 heavy (non-hydrogen) atoms.